The first-order chi connectivity index (χ1) is 17.4. The first-order valence-electron chi connectivity index (χ1n) is 13.6. The summed E-state index contributed by atoms with van der Waals surface area (Å²) in [7, 11) is 0. The summed E-state index contributed by atoms with van der Waals surface area (Å²) in [6.45, 7) is 7.47. The van der Waals surface area contributed by atoms with Crippen molar-refractivity contribution >= 4 is 23.8 Å². The van der Waals surface area contributed by atoms with Crippen LogP contribution < -0.4 is 15.5 Å². The SMILES string of the molecule is CC[C@@H](C)[C@@H](O)[C@H](C[C@@H](C)CCCCCCCC[C@H](O)CNC(C)=O)OC(=O)C[C@@H](CC(=O)[O-])C(=O)[O-]. The quantitative estimate of drug-likeness (QED) is 0.135. The zero-order chi connectivity index (χ0) is 28.4. The number of aliphatic carboxylic acids is 2. The highest BCUT2D eigenvalue weighted by atomic mass is 16.6. The number of rotatable bonds is 22. The van der Waals surface area contributed by atoms with Crippen molar-refractivity contribution in [2.75, 3.05) is 6.54 Å². The fourth-order valence-corrected chi connectivity index (χ4v) is 4.18. The van der Waals surface area contributed by atoms with E-state index >= 15 is 0 Å². The lowest BCUT2D eigenvalue weighted by atomic mass is 9.89. The average Bonchev–Trinajstić information content (AvgIpc) is 2.82. The number of unbranched alkanes of at least 4 members (excludes halogenated alkanes) is 5. The number of aliphatic hydroxyl groups is 2. The van der Waals surface area contributed by atoms with Gasteiger partial charge in [-0.2, -0.15) is 0 Å². The number of aliphatic hydroxyl groups excluding tert-OH is 2. The van der Waals surface area contributed by atoms with Crippen molar-refractivity contribution in [3.63, 3.8) is 0 Å². The van der Waals surface area contributed by atoms with E-state index in [0.717, 1.165) is 44.9 Å². The Balaban J connectivity index is 4.49. The second-order valence-electron chi connectivity index (χ2n) is 10.3. The van der Waals surface area contributed by atoms with Crippen LogP contribution in [0.2, 0.25) is 0 Å². The summed E-state index contributed by atoms with van der Waals surface area (Å²) in [4.78, 5) is 45.1. The smallest absolute Gasteiger partial charge is 0.306 e. The van der Waals surface area contributed by atoms with E-state index in [9.17, 15) is 39.6 Å². The van der Waals surface area contributed by atoms with Crippen LogP contribution in [0.3, 0.4) is 0 Å². The van der Waals surface area contributed by atoms with Gasteiger partial charge >= 0.3 is 5.97 Å². The molecule has 0 saturated heterocycles. The largest absolute Gasteiger partial charge is 0.550 e. The highest BCUT2D eigenvalue weighted by Gasteiger charge is 2.30. The average molecular weight is 530 g/mol. The van der Waals surface area contributed by atoms with Crippen molar-refractivity contribution in [2.24, 2.45) is 17.8 Å². The van der Waals surface area contributed by atoms with E-state index < -0.39 is 55.0 Å². The third kappa shape index (κ3) is 17.8. The van der Waals surface area contributed by atoms with Gasteiger partial charge in [-0.25, -0.2) is 0 Å². The van der Waals surface area contributed by atoms with Crippen molar-refractivity contribution in [3.05, 3.63) is 0 Å². The number of nitrogens with one attached hydrogen (secondary N) is 1. The van der Waals surface area contributed by atoms with Crippen molar-refractivity contribution < 1.29 is 44.3 Å². The molecule has 10 nitrogen and oxygen atoms in total. The van der Waals surface area contributed by atoms with Crippen LogP contribution in [0.5, 0.6) is 0 Å². The van der Waals surface area contributed by atoms with Crippen LogP contribution in [0.1, 0.15) is 105 Å². The van der Waals surface area contributed by atoms with E-state index in [2.05, 4.69) is 5.32 Å². The molecular formula is C27H47NO9-2. The Bertz CT molecular complexity index is 685. The maximum Gasteiger partial charge on any atom is 0.306 e. The Morgan fingerprint density at radius 3 is 1.97 bits per heavy atom. The molecule has 216 valence electrons. The van der Waals surface area contributed by atoms with Gasteiger partial charge in [-0.1, -0.05) is 72.1 Å². The third-order valence-electron chi connectivity index (χ3n) is 6.76. The Hall–Kier alpha value is -2.20. The molecule has 0 spiro atoms. The molecule has 0 aliphatic rings. The topological polar surface area (TPSA) is 176 Å². The van der Waals surface area contributed by atoms with E-state index in [4.69, 9.17) is 4.74 Å². The summed E-state index contributed by atoms with van der Waals surface area (Å²) in [5, 5.41) is 45.0. The second-order valence-corrected chi connectivity index (χ2v) is 10.3. The summed E-state index contributed by atoms with van der Waals surface area (Å²) in [6, 6.07) is 0. The standard InChI is InChI=1S/C27H49NO9/c1-5-19(3)26(34)23(37-25(33)16-21(27(35)36)15-24(31)32)14-18(2)12-10-8-6-7-9-11-13-22(30)17-28-20(4)29/h18-19,21-23,26,30,34H,5-17H2,1-4H3,(H,28,29)(H,31,32)(H,35,36)/p-2/t18-,19+,21+,22-,23-,26+/m0/s1. The van der Waals surface area contributed by atoms with Gasteiger partial charge in [0.2, 0.25) is 5.91 Å². The van der Waals surface area contributed by atoms with Gasteiger partial charge in [0, 0.05) is 31.3 Å². The second kappa shape index (κ2) is 19.9. The summed E-state index contributed by atoms with van der Waals surface area (Å²) >= 11 is 0. The molecule has 1 amide bonds. The van der Waals surface area contributed by atoms with Gasteiger partial charge in [0.25, 0.3) is 0 Å². The number of hydrogen-bond acceptors (Lipinski definition) is 9. The van der Waals surface area contributed by atoms with E-state index in [1.165, 1.54) is 6.92 Å². The van der Waals surface area contributed by atoms with Crippen molar-refractivity contribution in [1.29, 1.82) is 0 Å². The number of carboxylic acid groups (broad SMARTS) is 2. The first-order valence-corrected chi connectivity index (χ1v) is 13.6. The van der Waals surface area contributed by atoms with Crippen molar-refractivity contribution in [3.8, 4) is 0 Å². The Kier molecular flexibility index (Phi) is 18.7. The fourth-order valence-electron chi connectivity index (χ4n) is 4.18. The van der Waals surface area contributed by atoms with Crippen LogP contribution in [0.15, 0.2) is 0 Å². The highest BCUT2D eigenvalue weighted by molar-refractivity contribution is 5.81. The van der Waals surface area contributed by atoms with Gasteiger partial charge in [0.05, 0.1) is 18.6 Å². The maximum absolute atomic E-state index is 12.4. The molecule has 0 bridgehead atoms. The lowest BCUT2D eigenvalue weighted by molar-refractivity contribution is -0.320. The van der Waals surface area contributed by atoms with Crippen molar-refractivity contribution in [1.82, 2.24) is 5.32 Å². The molecule has 0 aliphatic heterocycles. The number of hydrogen-bond donors (Lipinski definition) is 3. The van der Waals surface area contributed by atoms with E-state index in [-0.39, 0.29) is 24.3 Å². The molecule has 10 heteroatoms. The molecule has 0 rings (SSSR count). The number of carbonyl (C=O) groups excluding carboxylic acids is 4. The van der Waals surface area contributed by atoms with Gasteiger partial charge in [-0.05, 0) is 31.1 Å². The highest BCUT2D eigenvalue weighted by Crippen LogP contribution is 2.24. The van der Waals surface area contributed by atoms with Crippen LogP contribution >= 0.6 is 0 Å². The molecule has 0 aromatic carbocycles. The number of amides is 1. The molecule has 6 atom stereocenters. The molecule has 0 saturated carbocycles. The van der Waals surface area contributed by atoms with E-state index in [0.29, 0.717) is 19.3 Å². The maximum atomic E-state index is 12.4. The summed E-state index contributed by atoms with van der Waals surface area (Å²) in [5.74, 6) is -5.80. The normalized spacial score (nSPS) is 16.2. The molecule has 3 N–H and O–H groups in total. The van der Waals surface area contributed by atoms with E-state index in [1.807, 2.05) is 20.8 Å². The van der Waals surface area contributed by atoms with Gasteiger partial charge in [-0.15, -0.1) is 0 Å². The summed E-state index contributed by atoms with van der Waals surface area (Å²) in [6.07, 6.45) is 4.92. The molecule has 0 radical (unpaired) electrons. The minimum Gasteiger partial charge on any atom is -0.550 e. The van der Waals surface area contributed by atoms with Crippen LogP contribution in [-0.4, -0.2) is 58.9 Å². The summed E-state index contributed by atoms with van der Waals surface area (Å²) < 4.78 is 5.45. The van der Waals surface area contributed by atoms with Crippen LogP contribution in [0.25, 0.3) is 0 Å². The van der Waals surface area contributed by atoms with Crippen LogP contribution in [0, 0.1) is 17.8 Å². The Morgan fingerprint density at radius 1 is 0.892 bits per heavy atom. The lowest BCUT2D eigenvalue weighted by Gasteiger charge is -2.30. The summed E-state index contributed by atoms with van der Waals surface area (Å²) in [5.41, 5.74) is 0. The van der Waals surface area contributed by atoms with Gasteiger partial charge in [-0.3, -0.25) is 9.59 Å². The zero-order valence-electron chi connectivity index (χ0n) is 22.9. The first kappa shape index (κ1) is 34.8. The Morgan fingerprint density at radius 2 is 1.46 bits per heavy atom. The predicted molar refractivity (Wildman–Crippen MR) is 133 cm³/mol. The molecule has 0 heterocycles. The lowest BCUT2D eigenvalue weighted by Crippen LogP contribution is -2.40. The molecule has 37 heavy (non-hydrogen) atoms. The number of ether oxygens (including phenoxy) is 1. The van der Waals surface area contributed by atoms with E-state index in [1.54, 1.807) is 0 Å². The molecule has 0 unspecified atom stereocenters. The predicted octanol–water partition coefficient (Wildman–Crippen LogP) is 0.845. The number of carbonyl (C=O) groups is 4. The molecule has 0 aliphatic carbocycles. The minimum atomic E-state index is -1.66. The van der Waals surface area contributed by atoms with Gasteiger partial charge in [0.1, 0.15) is 6.10 Å². The molecular weight excluding hydrogens is 482 g/mol. The zero-order valence-corrected chi connectivity index (χ0v) is 22.9. The van der Waals surface area contributed by atoms with Crippen molar-refractivity contribution in [2.45, 2.75) is 123 Å². The molecule has 0 aromatic heterocycles. The number of carboxylic acids is 2. The van der Waals surface area contributed by atoms with Gasteiger partial charge in [0.15, 0.2) is 0 Å². The number of esters is 1. The molecule has 0 aromatic rings. The van der Waals surface area contributed by atoms with Gasteiger partial charge < -0.3 is 40.1 Å². The third-order valence-corrected chi connectivity index (χ3v) is 6.76. The molecule has 0 fully saturated rings. The fraction of sp³-hybridized carbons (Fsp3) is 0.852. The Labute approximate surface area is 221 Å². The monoisotopic (exact) mass is 529 g/mol. The van der Waals surface area contributed by atoms with Crippen LogP contribution in [0.4, 0.5) is 0 Å². The minimum absolute atomic E-state index is 0.137. The van der Waals surface area contributed by atoms with Crippen LogP contribution in [-0.2, 0) is 23.9 Å².